The largest absolute Gasteiger partial charge is 0.399 e. The Morgan fingerprint density at radius 3 is 2.77 bits per heavy atom. The summed E-state index contributed by atoms with van der Waals surface area (Å²) in [7, 11) is 1.73. The van der Waals surface area contributed by atoms with Crippen molar-refractivity contribution in [3.8, 4) is 0 Å². The summed E-state index contributed by atoms with van der Waals surface area (Å²) in [6.07, 6.45) is 1.29. The maximum atomic E-state index is 13.6. The van der Waals surface area contributed by atoms with Gasteiger partial charge in [-0.15, -0.1) is 0 Å². The van der Waals surface area contributed by atoms with Crippen LogP contribution in [0.15, 0.2) is 60.7 Å². The number of carbonyl (C=O) groups is 2. The number of benzene rings is 3. The Labute approximate surface area is 182 Å². The highest BCUT2D eigenvalue weighted by Crippen LogP contribution is 2.30. The molecule has 0 aromatic heterocycles. The van der Waals surface area contributed by atoms with Crippen molar-refractivity contribution in [2.75, 3.05) is 17.7 Å². The summed E-state index contributed by atoms with van der Waals surface area (Å²) >= 11 is 0. The van der Waals surface area contributed by atoms with E-state index in [-0.39, 0.29) is 17.9 Å². The average Bonchev–Trinajstić information content (AvgIpc) is 2.91. The quantitative estimate of drug-likeness (QED) is 0.558. The molecule has 2 atom stereocenters. The molecule has 0 saturated carbocycles. The molecule has 2 amide bonds. The Morgan fingerprint density at radius 1 is 1.16 bits per heavy atom. The summed E-state index contributed by atoms with van der Waals surface area (Å²) in [4.78, 5) is 27.9. The van der Waals surface area contributed by atoms with E-state index in [9.17, 15) is 9.59 Å². The standard InChI is InChI=1S/C25H28N4O2/c1-16(27-2)24(30)28-22-13-11-18-6-3-4-9-23(18)29(25(22)31)15-19-8-5-7-17-10-12-20(26)14-21(17)19/h3-10,12,14,16,22,27H,11,13,15,26H2,1-2H3,(H,28,30). The third-order valence-electron chi connectivity index (χ3n) is 6.02. The normalized spacial score (nSPS) is 17.2. The predicted octanol–water partition coefficient (Wildman–Crippen LogP) is 2.99. The first kappa shape index (κ1) is 20.9. The summed E-state index contributed by atoms with van der Waals surface area (Å²) < 4.78 is 0. The van der Waals surface area contributed by atoms with Crippen molar-refractivity contribution >= 4 is 34.0 Å². The van der Waals surface area contributed by atoms with Gasteiger partial charge in [0.2, 0.25) is 11.8 Å². The molecule has 6 heteroatoms. The highest BCUT2D eigenvalue weighted by Gasteiger charge is 2.32. The lowest BCUT2D eigenvalue weighted by Gasteiger charge is -2.27. The molecule has 6 nitrogen and oxygen atoms in total. The number of carbonyl (C=O) groups excluding carboxylic acids is 2. The molecule has 0 radical (unpaired) electrons. The molecule has 1 aliphatic heterocycles. The van der Waals surface area contributed by atoms with Gasteiger partial charge in [0, 0.05) is 11.4 Å². The van der Waals surface area contributed by atoms with Gasteiger partial charge < -0.3 is 21.3 Å². The minimum atomic E-state index is -0.573. The van der Waals surface area contributed by atoms with Crippen LogP contribution >= 0.6 is 0 Å². The second-order valence-electron chi connectivity index (χ2n) is 8.06. The third kappa shape index (κ3) is 4.25. The summed E-state index contributed by atoms with van der Waals surface area (Å²) in [5, 5.41) is 7.98. The van der Waals surface area contributed by atoms with Crippen LogP contribution in [0.1, 0.15) is 24.5 Å². The Bertz CT molecular complexity index is 1130. The van der Waals surface area contributed by atoms with Gasteiger partial charge in [-0.1, -0.05) is 42.5 Å². The van der Waals surface area contributed by atoms with E-state index in [4.69, 9.17) is 5.73 Å². The first-order valence-electron chi connectivity index (χ1n) is 10.6. The zero-order chi connectivity index (χ0) is 22.0. The number of aryl methyl sites for hydroxylation is 1. The van der Waals surface area contributed by atoms with E-state index in [1.54, 1.807) is 18.9 Å². The van der Waals surface area contributed by atoms with E-state index in [1.807, 2.05) is 54.6 Å². The molecule has 31 heavy (non-hydrogen) atoms. The van der Waals surface area contributed by atoms with Gasteiger partial charge in [-0.3, -0.25) is 9.59 Å². The van der Waals surface area contributed by atoms with Gasteiger partial charge in [-0.05, 0) is 66.9 Å². The molecule has 1 aliphatic rings. The lowest BCUT2D eigenvalue weighted by Crippen LogP contribution is -2.52. The van der Waals surface area contributed by atoms with E-state index >= 15 is 0 Å². The number of amides is 2. The minimum Gasteiger partial charge on any atom is -0.399 e. The number of likely N-dealkylation sites (N-methyl/N-ethyl adjacent to an activating group) is 1. The van der Waals surface area contributed by atoms with E-state index in [0.29, 0.717) is 18.7 Å². The Balaban J connectivity index is 1.72. The van der Waals surface area contributed by atoms with Crippen molar-refractivity contribution in [2.24, 2.45) is 0 Å². The monoisotopic (exact) mass is 416 g/mol. The van der Waals surface area contributed by atoms with Gasteiger partial charge in [0.1, 0.15) is 6.04 Å². The molecule has 4 N–H and O–H groups in total. The second kappa shape index (κ2) is 8.78. The summed E-state index contributed by atoms with van der Waals surface area (Å²) in [5.74, 6) is -0.271. The molecule has 160 valence electrons. The van der Waals surface area contributed by atoms with Crippen molar-refractivity contribution in [3.05, 3.63) is 71.8 Å². The molecular formula is C25H28N4O2. The molecule has 0 spiro atoms. The van der Waals surface area contributed by atoms with Gasteiger partial charge in [0.15, 0.2) is 0 Å². The fraction of sp³-hybridized carbons (Fsp3) is 0.280. The lowest BCUT2D eigenvalue weighted by atomic mass is 10.0. The number of nitrogens with zero attached hydrogens (tertiary/aromatic N) is 1. The van der Waals surface area contributed by atoms with E-state index in [1.165, 1.54) is 0 Å². The van der Waals surface area contributed by atoms with Crippen LogP contribution in [0.5, 0.6) is 0 Å². The molecule has 0 aliphatic carbocycles. The number of hydrogen-bond acceptors (Lipinski definition) is 4. The second-order valence-corrected chi connectivity index (χ2v) is 8.06. The first-order chi connectivity index (χ1) is 15.0. The molecule has 3 aromatic rings. The Morgan fingerprint density at radius 2 is 1.97 bits per heavy atom. The Kier molecular flexibility index (Phi) is 5.91. The number of anilines is 2. The number of fused-ring (bicyclic) bond motifs is 2. The van der Waals surface area contributed by atoms with Crippen LogP contribution in [-0.4, -0.2) is 30.9 Å². The molecular weight excluding hydrogens is 388 g/mol. The van der Waals surface area contributed by atoms with Crippen molar-refractivity contribution in [2.45, 2.75) is 38.4 Å². The van der Waals surface area contributed by atoms with Gasteiger partial charge >= 0.3 is 0 Å². The van der Waals surface area contributed by atoms with Crippen molar-refractivity contribution in [3.63, 3.8) is 0 Å². The fourth-order valence-corrected chi connectivity index (χ4v) is 4.10. The fourth-order valence-electron chi connectivity index (χ4n) is 4.10. The van der Waals surface area contributed by atoms with Crippen LogP contribution in [-0.2, 0) is 22.6 Å². The van der Waals surface area contributed by atoms with Crippen LogP contribution in [0.25, 0.3) is 10.8 Å². The topological polar surface area (TPSA) is 87.5 Å². The average molecular weight is 417 g/mol. The van der Waals surface area contributed by atoms with Gasteiger partial charge in [0.05, 0.1) is 12.6 Å². The van der Waals surface area contributed by atoms with Crippen molar-refractivity contribution in [1.82, 2.24) is 10.6 Å². The number of nitrogens with two attached hydrogens (primary N) is 1. The number of para-hydroxylation sites is 1. The summed E-state index contributed by atoms with van der Waals surface area (Å²) in [5.41, 5.74) is 9.75. The third-order valence-corrected chi connectivity index (χ3v) is 6.02. The molecule has 0 fully saturated rings. The zero-order valence-electron chi connectivity index (χ0n) is 17.9. The van der Waals surface area contributed by atoms with Gasteiger partial charge in [0.25, 0.3) is 0 Å². The smallest absolute Gasteiger partial charge is 0.249 e. The number of nitrogens with one attached hydrogen (secondary N) is 2. The highest BCUT2D eigenvalue weighted by atomic mass is 16.2. The molecule has 0 bridgehead atoms. The molecule has 4 rings (SSSR count). The number of hydrogen-bond donors (Lipinski definition) is 3. The Hall–Kier alpha value is -3.38. The SMILES string of the molecule is CNC(C)C(=O)NC1CCc2ccccc2N(Cc2cccc3ccc(N)cc23)C1=O. The molecule has 1 heterocycles. The van der Waals surface area contributed by atoms with Crippen molar-refractivity contribution < 1.29 is 9.59 Å². The number of nitrogen functional groups attached to an aromatic ring is 1. The van der Waals surface area contributed by atoms with Crippen LogP contribution < -0.4 is 21.3 Å². The zero-order valence-corrected chi connectivity index (χ0v) is 17.9. The van der Waals surface area contributed by atoms with Gasteiger partial charge in [-0.25, -0.2) is 0 Å². The maximum absolute atomic E-state index is 13.6. The molecule has 3 aromatic carbocycles. The first-order valence-corrected chi connectivity index (χ1v) is 10.6. The van der Waals surface area contributed by atoms with Crippen LogP contribution in [0, 0.1) is 0 Å². The lowest BCUT2D eigenvalue weighted by molar-refractivity contribution is -0.128. The van der Waals surface area contributed by atoms with E-state index < -0.39 is 6.04 Å². The molecule has 2 unspecified atom stereocenters. The van der Waals surface area contributed by atoms with E-state index in [0.717, 1.165) is 34.0 Å². The van der Waals surface area contributed by atoms with Crippen LogP contribution in [0.2, 0.25) is 0 Å². The van der Waals surface area contributed by atoms with Gasteiger partial charge in [-0.2, -0.15) is 0 Å². The summed E-state index contributed by atoms with van der Waals surface area (Å²) in [6.45, 7) is 2.19. The molecule has 0 saturated heterocycles. The van der Waals surface area contributed by atoms with E-state index in [2.05, 4.69) is 16.7 Å². The highest BCUT2D eigenvalue weighted by molar-refractivity contribution is 6.01. The number of rotatable bonds is 5. The summed E-state index contributed by atoms with van der Waals surface area (Å²) in [6, 6.07) is 18.9. The minimum absolute atomic E-state index is 0.0949. The van der Waals surface area contributed by atoms with Crippen molar-refractivity contribution in [1.29, 1.82) is 0 Å². The van der Waals surface area contributed by atoms with Crippen LogP contribution in [0.4, 0.5) is 11.4 Å². The van der Waals surface area contributed by atoms with Crippen LogP contribution in [0.3, 0.4) is 0 Å². The maximum Gasteiger partial charge on any atom is 0.249 e. The predicted molar refractivity (Wildman–Crippen MR) is 125 cm³/mol.